The second-order valence-electron chi connectivity index (χ2n) is 3.94. The van der Waals surface area contributed by atoms with E-state index in [1.807, 2.05) is 50.3 Å². The number of benzene rings is 1. The van der Waals surface area contributed by atoms with Crippen molar-refractivity contribution in [2.75, 3.05) is 0 Å². The first-order valence-electron chi connectivity index (χ1n) is 6.11. The molecule has 1 unspecified atom stereocenters. The first-order chi connectivity index (χ1) is 8.72. The van der Waals surface area contributed by atoms with Gasteiger partial charge in [0.25, 0.3) is 5.91 Å². The van der Waals surface area contributed by atoms with Crippen LogP contribution in [0.2, 0.25) is 0 Å². The Kier molecular flexibility index (Phi) is 5.94. The van der Waals surface area contributed by atoms with Gasteiger partial charge in [0.05, 0.1) is 0 Å². The molecule has 0 heterocycles. The molecule has 0 aliphatic carbocycles. The minimum atomic E-state index is -0.550. The number of hydrogen-bond donors (Lipinski definition) is 2. The molecule has 0 spiro atoms. The molecule has 1 rings (SSSR count). The molecular weight excluding hydrogens is 228 g/mol. The van der Waals surface area contributed by atoms with Gasteiger partial charge in [0.2, 0.25) is 0 Å². The van der Waals surface area contributed by atoms with Gasteiger partial charge >= 0.3 is 0 Å². The van der Waals surface area contributed by atoms with Crippen molar-refractivity contribution in [1.29, 1.82) is 0 Å². The number of nitrogens with two attached hydrogens (primary N) is 1. The molecule has 0 saturated carbocycles. The topological polar surface area (TPSA) is 64.3 Å². The van der Waals surface area contributed by atoms with Crippen LogP contribution in [0.25, 0.3) is 6.08 Å². The number of para-hydroxylation sites is 1. The van der Waals surface area contributed by atoms with Crippen LogP contribution in [0.3, 0.4) is 0 Å². The number of carbonyl (C=O) groups is 1. The maximum absolute atomic E-state index is 11.6. The van der Waals surface area contributed by atoms with E-state index in [0.29, 0.717) is 12.2 Å². The van der Waals surface area contributed by atoms with Crippen LogP contribution in [0.1, 0.15) is 32.3 Å². The molecule has 0 fully saturated rings. The van der Waals surface area contributed by atoms with E-state index in [4.69, 9.17) is 10.6 Å². The summed E-state index contributed by atoms with van der Waals surface area (Å²) in [6, 6.07) is 7.60. The molecule has 98 valence electrons. The Bertz CT molecular complexity index is 416. The summed E-state index contributed by atoms with van der Waals surface area (Å²) >= 11 is 0. The van der Waals surface area contributed by atoms with Gasteiger partial charge in [0.15, 0.2) is 6.10 Å². The summed E-state index contributed by atoms with van der Waals surface area (Å²) in [5, 5.41) is 0. The van der Waals surface area contributed by atoms with Crippen molar-refractivity contribution < 1.29 is 9.53 Å². The van der Waals surface area contributed by atoms with Crippen LogP contribution in [0, 0.1) is 0 Å². The zero-order valence-corrected chi connectivity index (χ0v) is 10.8. The molecule has 0 aromatic heterocycles. The first kappa shape index (κ1) is 14.3. The first-order valence-corrected chi connectivity index (χ1v) is 6.11. The second-order valence-corrected chi connectivity index (χ2v) is 3.94. The van der Waals surface area contributed by atoms with Crippen LogP contribution in [-0.4, -0.2) is 12.0 Å². The standard InChI is InChI=1S/C14H20N2O2/c1-3-7-11-9-5-6-10-12(11)18-13(8-4-2)14(17)16-15/h3,5-7,9-10,13H,4,8,15H2,1-2H3,(H,16,17)/b7-3+. The van der Waals surface area contributed by atoms with Gasteiger partial charge in [-0.25, -0.2) is 5.84 Å². The van der Waals surface area contributed by atoms with Gasteiger partial charge in [-0.1, -0.05) is 43.7 Å². The minimum Gasteiger partial charge on any atom is -0.480 e. The summed E-state index contributed by atoms with van der Waals surface area (Å²) in [6.45, 7) is 3.94. The maximum atomic E-state index is 11.6. The van der Waals surface area contributed by atoms with Gasteiger partial charge in [-0.2, -0.15) is 0 Å². The number of nitrogens with one attached hydrogen (secondary N) is 1. The lowest BCUT2D eigenvalue weighted by atomic mass is 10.1. The zero-order valence-electron chi connectivity index (χ0n) is 10.8. The lowest BCUT2D eigenvalue weighted by Gasteiger charge is -2.18. The van der Waals surface area contributed by atoms with Crippen LogP contribution in [0.15, 0.2) is 30.3 Å². The Morgan fingerprint density at radius 3 is 2.83 bits per heavy atom. The highest BCUT2D eigenvalue weighted by Gasteiger charge is 2.19. The number of hydrazine groups is 1. The fourth-order valence-electron chi connectivity index (χ4n) is 1.66. The molecule has 1 aromatic rings. The molecule has 1 amide bonds. The highest BCUT2D eigenvalue weighted by molar-refractivity contribution is 5.80. The molecule has 1 atom stereocenters. The van der Waals surface area contributed by atoms with Crippen molar-refractivity contribution in [2.45, 2.75) is 32.8 Å². The Morgan fingerprint density at radius 1 is 1.50 bits per heavy atom. The molecule has 4 nitrogen and oxygen atoms in total. The van der Waals surface area contributed by atoms with Crippen molar-refractivity contribution in [3.8, 4) is 5.75 Å². The van der Waals surface area contributed by atoms with E-state index in [-0.39, 0.29) is 5.91 Å². The monoisotopic (exact) mass is 248 g/mol. The van der Waals surface area contributed by atoms with E-state index in [1.165, 1.54) is 0 Å². The van der Waals surface area contributed by atoms with Gasteiger partial charge in [-0.15, -0.1) is 0 Å². The van der Waals surface area contributed by atoms with E-state index in [9.17, 15) is 4.79 Å². The summed E-state index contributed by atoms with van der Waals surface area (Å²) in [4.78, 5) is 11.6. The molecule has 18 heavy (non-hydrogen) atoms. The summed E-state index contributed by atoms with van der Waals surface area (Å²) in [7, 11) is 0. The van der Waals surface area contributed by atoms with E-state index < -0.39 is 6.10 Å². The highest BCUT2D eigenvalue weighted by Crippen LogP contribution is 2.21. The average molecular weight is 248 g/mol. The maximum Gasteiger partial charge on any atom is 0.274 e. The van der Waals surface area contributed by atoms with Crippen LogP contribution >= 0.6 is 0 Å². The Labute approximate surface area is 108 Å². The van der Waals surface area contributed by atoms with Crippen molar-refractivity contribution in [2.24, 2.45) is 5.84 Å². The Hall–Kier alpha value is -1.81. The number of rotatable bonds is 6. The fraction of sp³-hybridized carbons (Fsp3) is 0.357. The molecule has 1 aromatic carbocycles. The van der Waals surface area contributed by atoms with Crippen LogP contribution in [-0.2, 0) is 4.79 Å². The highest BCUT2D eigenvalue weighted by atomic mass is 16.5. The number of carbonyl (C=O) groups excluding carboxylic acids is 1. The van der Waals surface area contributed by atoms with Crippen molar-refractivity contribution >= 4 is 12.0 Å². The van der Waals surface area contributed by atoms with E-state index in [1.54, 1.807) is 0 Å². The van der Waals surface area contributed by atoms with Crippen molar-refractivity contribution in [1.82, 2.24) is 5.43 Å². The number of hydrogen-bond acceptors (Lipinski definition) is 3. The van der Waals surface area contributed by atoms with Crippen LogP contribution in [0.4, 0.5) is 0 Å². The van der Waals surface area contributed by atoms with E-state index in [0.717, 1.165) is 12.0 Å². The Morgan fingerprint density at radius 2 is 2.22 bits per heavy atom. The minimum absolute atomic E-state index is 0.299. The SMILES string of the molecule is C/C=C/c1ccccc1OC(CCC)C(=O)NN. The molecule has 3 N–H and O–H groups in total. The molecule has 0 aliphatic heterocycles. The second kappa shape index (κ2) is 7.50. The van der Waals surface area contributed by atoms with Gasteiger partial charge in [0.1, 0.15) is 5.75 Å². The fourth-order valence-corrected chi connectivity index (χ4v) is 1.66. The lowest BCUT2D eigenvalue weighted by Crippen LogP contribution is -2.42. The van der Waals surface area contributed by atoms with Crippen LogP contribution < -0.4 is 16.0 Å². The normalized spacial score (nSPS) is 12.4. The third kappa shape index (κ3) is 3.89. The lowest BCUT2D eigenvalue weighted by molar-refractivity contribution is -0.128. The Balaban J connectivity index is 2.89. The van der Waals surface area contributed by atoms with Gasteiger partial charge < -0.3 is 4.74 Å². The number of ether oxygens (including phenoxy) is 1. The van der Waals surface area contributed by atoms with Gasteiger partial charge in [0, 0.05) is 5.56 Å². The largest absolute Gasteiger partial charge is 0.480 e. The van der Waals surface area contributed by atoms with E-state index >= 15 is 0 Å². The van der Waals surface area contributed by atoms with E-state index in [2.05, 4.69) is 5.43 Å². The van der Waals surface area contributed by atoms with Crippen LogP contribution in [0.5, 0.6) is 5.75 Å². The molecule has 0 aliphatic rings. The zero-order chi connectivity index (χ0) is 13.4. The predicted octanol–water partition coefficient (Wildman–Crippen LogP) is 2.26. The summed E-state index contributed by atoms with van der Waals surface area (Å²) in [5.41, 5.74) is 3.09. The molecule has 0 bridgehead atoms. The predicted molar refractivity (Wildman–Crippen MR) is 72.8 cm³/mol. The number of allylic oxidation sites excluding steroid dienone is 1. The number of amides is 1. The summed E-state index contributed by atoms with van der Waals surface area (Å²) in [5.74, 6) is 5.55. The van der Waals surface area contributed by atoms with Gasteiger partial charge in [-0.3, -0.25) is 10.2 Å². The molecule has 0 radical (unpaired) electrons. The van der Waals surface area contributed by atoms with Crippen molar-refractivity contribution in [3.63, 3.8) is 0 Å². The molecular formula is C14H20N2O2. The third-order valence-corrected chi connectivity index (χ3v) is 2.52. The quantitative estimate of drug-likeness (QED) is 0.461. The third-order valence-electron chi connectivity index (χ3n) is 2.52. The summed E-state index contributed by atoms with van der Waals surface area (Å²) < 4.78 is 5.75. The van der Waals surface area contributed by atoms with Gasteiger partial charge in [-0.05, 0) is 19.4 Å². The molecule has 4 heteroatoms. The van der Waals surface area contributed by atoms with Crippen molar-refractivity contribution in [3.05, 3.63) is 35.9 Å². The molecule has 0 saturated heterocycles. The summed E-state index contributed by atoms with van der Waals surface area (Å²) in [6.07, 6.45) is 4.81. The smallest absolute Gasteiger partial charge is 0.274 e. The average Bonchev–Trinajstić information content (AvgIpc) is 2.39.